The van der Waals surface area contributed by atoms with Gasteiger partial charge in [-0.25, -0.2) is 13.8 Å². The summed E-state index contributed by atoms with van der Waals surface area (Å²) in [6, 6.07) is 9.37. The molecule has 6 rings (SSSR count). The largest absolute Gasteiger partial charge is 0.490 e. The van der Waals surface area contributed by atoms with Crippen LogP contribution >= 0.6 is 11.3 Å². The number of carbonyl (C=O) groups is 1. The van der Waals surface area contributed by atoms with Crippen LogP contribution in [0.5, 0.6) is 5.75 Å². The fourth-order valence-electron chi connectivity index (χ4n) is 5.83. The minimum Gasteiger partial charge on any atom is -0.490 e. The first-order chi connectivity index (χ1) is 19.9. The first-order valence-electron chi connectivity index (χ1n) is 14.7. The summed E-state index contributed by atoms with van der Waals surface area (Å²) in [5, 5.41) is 6.45. The number of benzene rings is 2. The lowest BCUT2D eigenvalue weighted by Gasteiger charge is -2.28. The second-order valence-electron chi connectivity index (χ2n) is 11.4. The van der Waals surface area contributed by atoms with Gasteiger partial charge < -0.3 is 20.3 Å². The van der Waals surface area contributed by atoms with Crippen molar-refractivity contribution in [2.45, 2.75) is 64.3 Å². The van der Waals surface area contributed by atoms with Gasteiger partial charge in [0, 0.05) is 43.5 Å². The molecule has 2 fully saturated rings. The summed E-state index contributed by atoms with van der Waals surface area (Å²) in [4.78, 5) is 20.9. The molecular formula is C31H37F2N5O2S. The number of thiazole rings is 1. The minimum absolute atomic E-state index is 0.119. The molecule has 1 atom stereocenters. The number of likely N-dealkylation sites (tertiary alicyclic amines) is 1. The van der Waals surface area contributed by atoms with Crippen molar-refractivity contribution in [3.8, 4) is 17.0 Å². The lowest BCUT2D eigenvalue weighted by atomic mass is 10.0. The van der Waals surface area contributed by atoms with E-state index >= 15 is 4.39 Å². The number of rotatable bonds is 9. The third-order valence-electron chi connectivity index (χ3n) is 7.99. The Balaban J connectivity index is 1.21. The summed E-state index contributed by atoms with van der Waals surface area (Å²) < 4.78 is 37.5. The van der Waals surface area contributed by atoms with E-state index in [4.69, 9.17) is 9.72 Å². The Kier molecular flexibility index (Phi) is 8.23. The van der Waals surface area contributed by atoms with Crippen molar-refractivity contribution >= 4 is 32.4 Å². The number of nitrogens with zero attached hydrogens (tertiary/aromatic N) is 3. The number of halogens is 2. The topological polar surface area (TPSA) is 70.9 Å². The number of fused-ring (bicyclic) bond motifs is 3. The molecule has 1 amide bonds. The number of hydrogen-bond donors (Lipinski definition) is 2. The van der Waals surface area contributed by atoms with Gasteiger partial charge in [-0.1, -0.05) is 17.4 Å². The van der Waals surface area contributed by atoms with E-state index in [2.05, 4.69) is 15.5 Å². The van der Waals surface area contributed by atoms with E-state index in [0.717, 1.165) is 66.2 Å². The van der Waals surface area contributed by atoms with Gasteiger partial charge in [0.1, 0.15) is 17.7 Å². The average molecular weight is 582 g/mol. The lowest BCUT2D eigenvalue weighted by Crippen LogP contribution is -2.36. The molecule has 41 heavy (non-hydrogen) atoms. The summed E-state index contributed by atoms with van der Waals surface area (Å²) in [6.45, 7) is 7.74. The predicted octanol–water partition coefficient (Wildman–Crippen LogP) is 6.12. The molecule has 0 aliphatic carbocycles. The van der Waals surface area contributed by atoms with Crippen LogP contribution in [-0.2, 0) is 0 Å². The fourth-order valence-corrected chi connectivity index (χ4v) is 6.86. The maximum Gasteiger partial charge on any atom is 0.255 e. The molecule has 4 aromatic rings. The standard InChI is InChI=1S/C31H37F2N5O2S/c1-19(2)40-28-17-27-29(16-23(28)30(39)35-11-4-12-37-13-8-21(32)9-14-37)41-31-36-26(18-38(27)31)22-7-6-20(15-24(22)33)25-5-3-10-34-25/h6-7,15-19,21,25,34H,3-5,8-14H2,1-2H3,(H,35,39). The van der Waals surface area contributed by atoms with Gasteiger partial charge in [0.05, 0.1) is 27.6 Å². The van der Waals surface area contributed by atoms with Gasteiger partial charge in [0.25, 0.3) is 5.91 Å². The monoisotopic (exact) mass is 581 g/mol. The number of ether oxygens (including phenoxy) is 1. The Labute approximate surface area is 242 Å². The van der Waals surface area contributed by atoms with Gasteiger partial charge in [-0.15, -0.1) is 0 Å². The molecule has 218 valence electrons. The van der Waals surface area contributed by atoms with Crippen molar-refractivity contribution in [1.29, 1.82) is 0 Å². The molecule has 0 radical (unpaired) electrons. The van der Waals surface area contributed by atoms with E-state index in [0.29, 0.717) is 42.0 Å². The highest BCUT2D eigenvalue weighted by Gasteiger charge is 2.22. The summed E-state index contributed by atoms with van der Waals surface area (Å²) >= 11 is 1.46. The number of alkyl halides is 1. The van der Waals surface area contributed by atoms with Crippen LogP contribution < -0.4 is 15.4 Å². The molecule has 2 N–H and O–H groups in total. The van der Waals surface area contributed by atoms with Crippen LogP contribution in [0.2, 0.25) is 0 Å². The van der Waals surface area contributed by atoms with E-state index in [-0.39, 0.29) is 23.9 Å². The van der Waals surface area contributed by atoms with Gasteiger partial charge >= 0.3 is 0 Å². The quantitative estimate of drug-likeness (QED) is 0.233. The van der Waals surface area contributed by atoms with Gasteiger partial charge in [-0.3, -0.25) is 9.20 Å². The van der Waals surface area contributed by atoms with Crippen LogP contribution in [0.25, 0.3) is 26.4 Å². The molecule has 0 spiro atoms. The highest BCUT2D eigenvalue weighted by atomic mass is 32.1. The summed E-state index contributed by atoms with van der Waals surface area (Å²) in [6.07, 6.45) is 5.16. The van der Waals surface area contributed by atoms with E-state index < -0.39 is 6.17 Å². The molecular weight excluding hydrogens is 544 g/mol. The molecule has 0 bridgehead atoms. The number of carbonyl (C=O) groups excluding carboxylic acids is 1. The van der Waals surface area contributed by atoms with Crippen LogP contribution in [0.3, 0.4) is 0 Å². The van der Waals surface area contributed by atoms with E-state index in [1.807, 2.05) is 48.7 Å². The molecule has 2 aliphatic rings. The van der Waals surface area contributed by atoms with E-state index in [1.54, 1.807) is 6.07 Å². The van der Waals surface area contributed by atoms with Gasteiger partial charge in [-0.05, 0) is 82.8 Å². The smallest absolute Gasteiger partial charge is 0.255 e. The normalized spacial score (nSPS) is 18.6. The van der Waals surface area contributed by atoms with Crippen LogP contribution in [0.1, 0.15) is 67.9 Å². The zero-order chi connectivity index (χ0) is 28.5. The molecule has 2 aromatic carbocycles. The zero-order valence-electron chi connectivity index (χ0n) is 23.6. The molecule has 2 aromatic heterocycles. The van der Waals surface area contributed by atoms with Gasteiger partial charge in [-0.2, -0.15) is 0 Å². The number of piperidine rings is 1. The SMILES string of the molecule is CC(C)Oc1cc2c(cc1C(=O)NCCCN1CCC(F)CC1)sc1nc(-c3ccc(C4CCCN4)cc3F)cn12. The maximum absolute atomic E-state index is 15.2. The van der Waals surface area contributed by atoms with Crippen molar-refractivity contribution < 1.29 is 18.3 Å². The van der Waals surface area contributed by atoms with Crippen molar-refractivity contribution in [1.82, 2.24) is 24.9 Å². The van der Waals surface area contributed by atoms with Crippen molar-refractivity contribution in [3.63, 3.8) is 0 Å². The molecule has 7 nitrogen and oxygen atoms in total. The first-order valence-corrected chi connectivity index (χ1v) is 15.5. The third-order valence-corrected chi connectivity index (χ3v) is 9.01. The predicted molar refractivity (Wildman–Crippen MR) is 159 cm³/mol. The Morgan fingerprint density at radius 1 is 1.22 bits per heavy atom. The van der Waals surface area contributed by atoms with E-state index in [1.165, 1.54) is 11.3 Å². The number of hydrogen-bond acceptors (Lipinski definition) is 6. The Hall–Kier alpha value is -3.08. The van der Waals surface area contributed by atoms with Gasteiger partial charge in [0.2, 0.25) is 0 Å². The molecule has 1 unspecified atom stereocenters. The number of amides is 1. The highest BCUT2D eigenvalue weighted by Crippen LogP contribution is 2.35. The van der Waals surface area contributed by atoms with Crippen LogP contribution in [0.4, 0.5) is 8.78 Å². The molecule has 2 aliphatic heterocycles. The average Bonchev–Trinajstić information content (AvgIpc) is 3.69. The summed E-state index contributed by atoms with van der Waals surface area (Å²) in [5.41, 5.74) is 3.36. The fraction of sp³-hybridized carbons (Fsp3) is 0.484. The first kappa shape index (κ1) is 28.1. The van der Waals surface area contributed by atoms with Crippen LogP contribution in [-0.4, -0.2) is 65.2 Å². The van der Waals surface area contributed by atoms with Crippen molar-refractivity contribution in [3.05, 3.63) is 53.5 Å². The Bertz CT molecular complexity index is 1540. The molecule has 0 saturated carbocycles. The molecule has 4 heterocycles. The minimum atomic E-state index is -0.682. The third kappa shape index (κ3) is 6.10. The summed E-state index contributed by atoms with van der Waals surface area (Å²) in [5.74, 6) is 0.0427. The second kappa shape index (κ2) is 12.0. The summed E-state index contributed by atoms with van der Waals surface area (Å²) in [7, 11) is 0. The Morgan fingerprint density at radius 3 is 2.78 bits per heavy atom. The number of aromatic nitrogens is 2. The Morgan fingerprint density at radius 2 is 2.05 bits per heavy atom. The second-order valence-corrected chi connectivity index (χ2v) is 12.4. The maximum atomic E-state index is 15.2. The molecule has 2 saturated heterocycles. The molecule has 10 heteroatoms. The van der Waals surface area contributed by atoms with Crippen LogP contribution in [0, 0.1) is 5.82 Å². The van der Waals surface area contributed by atoms with Crippen molar-refractivity contribution in [2.75, 3.05) is 32.7 Å². The van der Waals surface area contributed by atoms with Crippen LogP contribution in [0.15, 0.2) is 36.5 Å². The van der Waals surface area contributed by atoms with Crippen molar-refractivity contribution in [2.24, 2.45) is 0 Å². The number of imidazole rings is 1. The highest BCUT2D eigenvalue weighted by molar-refractivity contribution is 7.23. The lowest BCUT2D eigenvalue weighted by molar-refractivity contribution is 0.0944. The van der Waals surface area contributed by atoms with E-state index in [9.17, 15) is 9.18 Å². The number of nitrogens with one attached hydrogen (secondary N) is 2. The zero-order valence-corrected chi connectivity index (χ0v) is 24.4. The van der Waals surface area contributed by atoms with Gasteiger partial charge in [0.15, 0.2) is 4.96 Å².